The van der Waals surface area contributed by atoms with Crippen LogP contribution in [0, 0.1) is 30.1 Å². The molecule has 0 radical (unpaired) electrons. The summed E-state index contributed by atoms with van der Waals surface area (Å²) in [6, 6.07) is 7.05. The summed E-state index contributed by atoms with van der Waals surface area (Å²) < 4.78 is 28.0. The smallest absolute Gasteiger partial charge is 0.243 e. The van der Waals surface area contributed by atoms with Crippen molar-refractivity contribution >= 4 is 21.7 Å². The van der Waals surface area contributed by atoms with Gasteiger partial charge < -0.3 is 5.32 Å². The molecular weight excluding hydrogens is 436 g/mol. The van der Waals surface area contributed by atoms with E-state index in [4.69, 9.17) is 0 Å². The van der Waals surface area contributed by atoms with Gasteiger partial charge in [-0.25, -0.2) is 18.4 Å². The Morgan fingerprint density at radius 3 is 2.39 bits per heavy atom. The van der Waals surface area contributed by atoms with E-state index in [0.717, 1.165) is 30.4 Å². The topological polar surface area (TPSA) is 92.3 Å². The molecule has 2 heterocycles. The van der Waals surface area contributed by atoms with Gasteiger partial charge in [0.1, 0.15) is 12.1 Å². The number of aromatic nitrogens is 2. The van der Waals surface area contributed by atoms with Gasteiger partial charge in [0.25, 0.3) is 0 Å². The largest absolute Gasteiger partial charge is 0.310 e. The maximum absolute atomic E-state index is 13.5. The molecule has 8 heteroatoms. The second-order valence-corrected chi connectivity index (χ2v) is 12.6. The summed E-state index contributed by atoms with van der Waals surface area (Å²) in [5, 5.41) is 3.16. The van der Waals surface area contributed by atoms with Crippen LogP contribution in [0.15, 0.2) is 35.5 Å². The van der Waals surface area contributed by atoms with Gasteiger partial charge in [0.15, 0.2) is 0 Å². The Labute approximate surface area is 195 Å². The Morgan fingerprint density at radius 2 is 1.73 bits per heavy atom. The van der Waals surface area contributed by atoms with Crippen molar-refractivity contribution in [1.29, 1.82) is 0 Å². The maximum Gasteiger partial charge on any atom is 0.243 e. The predicted octanol–water partition coefficient (Wildman–Crippen LogP) is 3.69. The van der Waals surface area contributed by atoms with Crippen molar-refractivity contribution in [2.24, 2.45) is 23.2 Å². The van der Waals surface area contributed by atoms with Gasteiger partial charge in [0.05, 0.1) is 22.5 Å². The highest BCUT2D eigenvalue weighted by molar-refractivity contribution is 7.89. The van der Waals surface area contributed by atoms with Crippen molar-refractivity contribution in [3.8, 4) is 0 Å². The third-order valence-electron chi connectivity index (χ3n) is 8.44. The van der Waals surface area contributed by atoms with Crippen molar-refractivity contribution in [2.45, 2.75) is 63.3 Å². The summed E-state index contributed by atoms with van der Waals surface area (Å²) in [7, 11) is -3.62. The zero-order chi connectivity index (χ0) is 22.8. The molecule has 5 aliphatic rings. The summed E-state index contributed by atoms with van der Waals surface area (Å²) in [6.07, 6.45) is 8.80. The predicted molar refractivity (Wildman–Crippen MR) is 124 cm³/mol. The SMILES string of the molecule is Cc1ccccc1S(=O)(=O)N1CCc2c(ncnc2NC(=O)C23CC4CC(CC(C4)C2)C3)C1. The lowest BCUT2D eigenvalue weighted by atomic mass is 9.49. The van der Waals surface area contributed by atoms with Gasteiger partial charge in [0, 0.05) is 12.1 Å². The first kappa shape index (κ1) is 21.2. The lowest BCUT2D eigenvalue weighted by molar-refractivity contribution is -0.140. The number of anilines is 1. The standard InChI is InChI=1S/C25H30N4O3S/c1-16-4-2-3-5-22(16)33(31,32)29-7-6-20-21(14-29)26-15-27-23(20)28-24(30)25-11-17-8-18(12-25)10-19(9-17)13-25/h2-5,15,17-19H,6-14H2,1H3,(H,26,27,28,30). The third kappa shape index (κ3) is 3.49. The number of hydrogen-bond donors (Lipinski definition) is 1. The van der Waals surface area contributed by atoms with Gasteiger partial charge >= 0.3 is 0 Å². The van der Waals surface area contributed by atoms with Gasteiger partial charge in [-0.1, -0.05) is 18.2 Å². The fraction of sp³-hybridized carbons (Fsp3) is 0.560. The average Bonchev–Trinajstić information content (AvgIpc) is 2.78. The van der Waals surface area contributed by atoms with E-state index in [1.165, 1.54) is 29.9 Å². The van der Waals surface area contributed by atoms with Crippen molar-refractivity contribution in [3.05, 3.63) is 47.4 Å². The number of benzene rings is 1. The van der Waals surface area contributed by atoms with Gasteiger partial charge in [-0.15, -0.1) is 0 Å². The summed E-state index contributed by atoms with van der Waals surface area (Å²) in [6.45, 7) is 2.34. The molecule has 0 saturated heterocycles. The molecule has 1 amide bonds. The summed E-state index contributed by atoms with van der Waals surface area (Å²) in [5.74, 6) is 2.76. The van der Waals surface area contributed by atoms with Crippen molar-refractivity contribution < 1.29 is 13.2 Å². The van der Waals surface area contributed by atoms with Crippen LogP contribution in [-0.4, -0.2) is 35.1 Å². The van der Waals surface area contributed by atoms with Crippen LogP contribution in [0.3, 0.4) is 0 Å². The van der Waals surface area contributed by atoms with Crippen molar-refractivity contribution in [1.82, 2.24) is 14.3 Å². The zero-order valence-electron chi connectivity index (χ0n) is 19.0. The molecule has 0 atom stereocenters. The minimum atomic E-state index is -3.62. The van der Waals surface area contributed by atoms with E-state index in [0.29, 0.717) is 47.1 Å². The number of rotatable bonds is 4. The zero-order valence-corrected chi connectivity index (χ0v) is 19.8. The van der Waals surface area contributed by atoms with Crippen molar-refractivity contribution in [3.63, 3.8) is 0 Å². The molecule has 0 spiro atoms. The molecule has 0 unspecified atom stereocenters. The molecule has 1 aromatic heterocycles. The molecule has 7 nitrogen and oxygen atoms in total. The minimum absolute atomic E-state index is 0.109. The number of nitrogens with one attached hydrogen (secondary N) is 1. The van der Waals surface area contributed by atoms with Crippen LogP contribution in [0.4, 0.5) is 5.82 Å². The highest BCUT2D eigenvalue weighted by Crippen LogP contribution is 2.60. The first-order chi connectivity index (χ1) is 15.8. The van der Waals surface area contributed by atoms with Gasteiger partial charge in [0.2, 0.25) is 15.9 Å². The van der Waals surface area contributed by atoms with Crippen LogP contribution < -0.4 is 5.32 Å². The van der Waals surface area contributed by atoms with E-state index in [2.05, 4.69) is 15.3 Å². The van der Waals surface area contributed by atoms with E-state index in [1.807, 2.05) is 19.1 Å². The van der Waals surface area contributed by atoms with Gasteiger partial charge in [-0.3, -0.25) is 4.79 Å². The number of amides is 1. The van der Waals surface area contributed by atoms with E-state index >= 15 is 0 Å². The normalized spacial score (nSPS) is 30.8. The Hall–Kier alpha value is -2.32. The lowest BCUT2D eigenvalue weighted by Gasteiger charge is -2.55. The number of hydrogen-bond acceptors (Lipinski definition) is 5. The second-order valence-electron chi connectivity index (χ2n) is 10.7. The lowest BCUT2D eigenvalue weighted by Crippen LogP contribution is -2.52. The third-order valence-corrected chi connectivity index (χ3v) is 10.4. The summed E-state index contributed by atoms with van der Waals surface area (Å²) in [5.41, 5.74) is 2.03. The number of nitrogens with zero attached hydrogens (tertiary/aromatic N) is 3. The second kappa shape index (κ2) is 7.60. The Balaban J connectivity index is 1.24. The van der Waals surface area contributed by atoms with E-state index in [-0.39, 0.29) is 17.9 Å². The van der Waals surface area contributed by atoms with Gasteiger partial charge in [-0.2, -0.15) is 4.31 Å². The molecule has 7 rings (SSSR count). The van der Waals surface area contributed by atoms with Crippen LogP contribution in [-0.2, 0) is 27.8 Å². The molecule has 4 bridgehead atoms. The number of sulfonamides is 1. The molecule has 1 N–H and O–H groups in total. The maximum atomic E-state index is 13.5. The van der Waals surface area contributed by atoms with E-state index in [9.17, 15) is 13.2 Å². The molecule has 33 heavy (non-hydrogen) atoms. The van der Waals surface area contributed by atoms with E-state index in [1.54, 1.807) is 12.1 Å². The average molecular weight is 467 g/mol. The molecule has 4 fully saturated rings. The number of carbonyl (C=O) groups is 1. The molecule has 174 valence electrons. The minimum Gasteiger partial charge on any atom is -0.310 e. The number of aryl methyl sites for hydroxylation is 1. The van der Waals surface area contributed by atoms with Crippen molar-refractivity contribution in [2.75, 3.05) is 11.9 Å². The van der Waals surface area contributed by atoms with Crippen LogP contribution in [0.1, 0.15) is 55.3 Å². The van der Waals surface area contributed by atoms with Crippen LogP contribution >= 0.6 is 0 Å². The number of fused-ring (bicyclic) bond motifs is 1. The van der Waals surface area contributed by atoms with Gasteiger partial charge in [-0.05, 0) is 81.3 Å². The molecule has 1 aromatic carbocycles. The molecule has 4 saturated carbocycles. The Bertz CT molecular complexity index is 1190. The fourth-order valence-corrected chi connectivity index (χ4v) is 8.88. The monoisotopic (exact) mass is 466 g/mol. The molecule has 1 aliphatic heterocycles. The molecular formula is C25H30N4O3S. The van der Waals surface area contributed by atoms with E-state index < -0.39 is 10.0 Å². The highest BCUT2D eigenvalue weighted by atomic mass is 32.2. The Morgan fingerprint density at radius 1 is 1.06 bits per heavy atom. The highest BCUT2D eigenvalue weighted by Gasteiger charge is 2.54. The molecule has 4 aliphatic carbocycles. The fourth-order valence-electron chi connectivity index (χ4n) is 7.26. The quantitative estimate of drug-likeness (QED) is 0.742. The summed E-state index contributed by atoms with van der Waals surface area (Å²) in [4.78, 5) is 22.7. The molecule has 2 aromatic rings. The Kier molecular flexibility index (Phi) is 4.89. The van der Waals surface area contributed by atoms with Crippen LogP contribution in [0.5, 0.6) is 0 Å². The number of carbonyl (C=O) groups excluding carboxylic acids is 1. The first-order valence-corrected chi connectivity index (χ1v) is 13.5. The van der Waals surface area contributed by atoms with Crippen LogP contribution in [0.2, 0.25) is 0 Å². The van der Waals surface area contributed by atoms with Crippen LogP contribution in [0.25, 0.3) is 0 Å². The first-order valence-electron chi connectivity index (χ1n) is 12.0. The summed E-state index contributed by atoms with van der Waals surface area (Å²) >= 11 is 0.